The van der Waals surface area contributed by atoms with Gasteiger partial charge in [0.05, 0.1) is 0 Å². The summed E-state index contributed by atoms with van der Waals surface area (Å²) in [4.78, 5) is 2.73. The summed E-state index contributed by atoms with van der Waals surface area (Å²) in [5, 5.41) is 0. The van der Waals surface area contributed by atoms with Crippen LogP contribution in [0.25, 0.3) is 6.08 Å². The minimum Gasteiger partial charge on any atom is -0.324 e. The predicted molar refractivity (Wildman–Crippen MR) is 61.1 cm³/mol. The first-order chi connectivity index (χ1) is 6.00. The number of hydrogen-bond donors (Lipinski definition) is 1. The second-order valence-corrected chi connectivity index (χ2v) is 5.01. The molecule has 0 saturated heterocycles. The second kappa shape index (κ2) is 4.07. The van der Waals surface area contributed by atoms with Crippen molar-refractivity contribution in [2.45, 2.75) is 33.7 Å². The zero-order chi connectivity index (χ0) is 10.0. The Labute approximate surface area is 84.3 Å². The number of thiophene rings is 1. The van der Waals surface area contributed by atoms with E-state index < -0.39 is 0 Å². The Bertz CT molecular complexity index is 321. The Morgan fingerprint density at radius 2 is 2.15 bits per heavy atom. The lowest BCUT2D eigenvalue weighted by Crippen LogP contribution is -2.15. The maximum absolute atomic E-state index is 5.78. The minimum absolute atomic E-state index is 0.152. The maximum Gasteiger partial charge on any atom is 0.0225 e. The zero-order valence-corrected chi connectivity index (χ0v) is 9.53. The standard InChI is InChI=1S/C11H17NS/c1-7(9(3)12)5-11-6-8(2)13-10(11)4/h5-6,9H,12H2,1-4H3/b7-5+. The second-order valence-electron chi connectivity index (χ2n) is 3.55. The molecule has 0 aromatic carbocycles. The van der Waals surface area contributed by atoms with Gasteiger partial charge >= 0.3 is 0 Å². The Hall–Kier alpha value is -0.600. The highest BCUT2D eigenvalue weighted by molar-refractivity contribution is 7.12. The van der Waals surface area contributed by atoms with Crippen LogP contribution in [0, 0.1) is 13.8 Å². The quantitative estimate of drug-likeness (QED) is 0.771. The van der Waals surface area contributed by atoms with E-state index >= 15 is 0 Å². The van der Waals surface area contributed by atoms with Gasteiger partial charge in [0.1, 0.15) is 0 Å². The molecule has 1 heterocycles. The van der Waals surface area contributed by atoms with Crippen LogP contribution in [-0.4, -0.2) is 6.04 Å². The van der Waals surface area contributed by atoms with Crippen molar-refractivity contribution < 1.29 is 0 Å². The largest absolute Gasteiger partial charge is 0.324 e. The van der Waals surface area contributed by atoms with Gasteiger partial charge in [0.2, 0.25) is 0 Å². The Morgan fingerprint density at radius 3 is 2.54 bits per heavy atom. The van der Waals surface area contributed by atoms with Gasteiger partial charge in [-0.25, -0.2) is 0 Å². The lowest BCUT2D eigenvalue weighted by atomic mass is 10.1. The van der Waals surface area contributed by atoms with E-state index in [0.29, 0.717) is 0 Å². The van der Waals surface area contributed by atoms with Crippen LogP contribution in [-0.2, 0) is 0 Å². The molecule has 0 aliphatic carbocycles. The van der Waals surface area contributed by atoms with Crippen molar-refractivity contribution in [2.75, 3.05) is 0 Å². The van der Waals surface area contributed by atoms with E-state index in [4.69, 9.17) is 5.73 Å². The molecule has 2 heteroatoms. The van der Waals surface area contributed by atoms with Crippen molar-refractivity contribution in [1.82, 2.24) is 0 Å². The molecule has 1 aromatic rings. The van der Waals surface area contributed by atoms with Gasteiger partial charge < -0.3 is 5.73 Å². The smallest absolute Gasteiger partial charge is 0.0225 e. The molecule has 1 unspecified atom stereocenters. The third-order valence-corrected chi connectivity index (χ3v) is 3.16. The van der Waals surface area contributed by atoms with Gasteiger partial charge in [-0.15, -0.1) is 11.3 Å². The SMILES string of the molecule is C/C(=C\c1cc(C)sc1C)C(C)N. The molecule has 72 valence electrons. The predicted octanol–water partition coefficient (Wildman–Crippen LogP) is 3.12. The molecule has 13 heavy (non-hydrogen) atoms. The van der Waals surface area contributed by atoms with E-state index in [1.807, 2.05) is 18.3 Å². The van der Waals surface area contributed by atoms with Crippen LogP contribution in [0.1, 0.15) is 29.2 Å². The minimum atomic E-state index is 0.152. The van der Waals surface area contributed by atoms with Crippen molar-refractivity contribution >= 4 is 17.4 Å². The molecule has 1 nitrogen and oxygen atoms in total. The topological polar surface area (TPSA) is 26.0 Å². The van der Waals surface area contributed by atoms with E-state index in [1.165, 1.54) is 20.9 Å². The van der Waals surface area contributed by atoms with Crippen molar-refractivity contribution in [3.8, 4) is 0 Å². The third-order valence-electron chi connectivity index (χ3n) is 2.18. The van der Waals surface area contributed by atoms with Crippen LogP contribution in [0.2, 0.25) is 0 Å². The molecule has 0 fully saturated rings. The summed E-state index contributed by atoms with van der Waals surface area (Å²) in [6.07, 6.45) is 2.18. The molecule has 0 bridgehead atoms. The van der Waals surface area contributed by atoms with Gasteiger partial charge in [0.25, 0.3) is 0 Å². The molecule has 0 saturated carbocycles. The lowest BCUT2D eigenvalue weighted by molar-refractivity contribution is 0.868. The Balaban J connectivity index is 2.96. The first kappa shape index (κ1) is 10.5. The van der Waals surface area contributed by atoms with Crippen molar-refractivity contribution in [1.29, 1.82) is 0 Å². The number of hydrogen-bond acceptors (Lipinski definition) is 2. The molecule has 1 atom stereocenters. The van der Waals surface area contributed by atoms with Gasteiger partial charge in [-0.05, 0) is 39.3 Å². The van der Waals surface area contributed by atoms with E-state index in [9.17, 15) is 0 Å². The molecule has 1 rings (SSSR count). The van der Waals surface area contributed by atoms with E-state index in [1.54, 1.807) is 0 Å². The molecular formula is C11H17NS. The molecule has 0 aliphatic heterocycles. The highest BCUT2D eigenvalue weighted by atomic mass is 32.1. The lowest BCUT2D eigenvalue weighted by Gasteiger charge is -2.04. The molecule has 0 aliphatic rings. The van der Waals surface area contributed by atoms with Crippen molar-refractivity contribution in [3.63, 3.8) is 0 Å². The zero-order valence-electron chi connectivity index (χ0n) is 8.72. The summed E-state index contributed by atoms with van der Waals surface area (Å²) in [7, 11) is 0. The number of nitrogens with two attached hydrogens (primary N) is 1. The molecule has 1 aromatic heterocycles. The van der Waals surface area contributed by atoms with E-state index in [2.05, 4.69) is 32.9 Å². The monoisotopic (exact) mass is 195 g/mol. The molecular weight excluding hydrogens is 178 g/mol. The van der Waals surface area contributed by atoms with Gasteiger partial charge in [-0.3, -0.25) is 0 Å². The van der Waals surface area contributed by atoms with E-state index in [0.717, 1.165) is 0 Å². The fourth-order valence-electron chi connectivity index (χ4n) is 1.17. The van der Waals surface area contributed by atoms with Gasteiger partial charge in [0, 0.05) is 15.8 Å². The molecule has 2 N–H and O–H groups in total. The summed E-state index contributed by atoms with van der Waals surface area (Å²) in [5.74, 6) is 0. The van der Waals surface area contributed by atoms with Crippen LogP contribution in [0.15, 0.2) is 11.6 Å². The van der Waals surface area contributed by atoms with Crippen molar-refractivity contribution in [3.05, 3.63) is 27.0 Å². The summed E-state index contributed by atoms with van der Waals surface area (Å²) in [5.41, 5.74) is 8.33. The fraction of sp³-hybridized carbons (Fsp3) is 0.455. The highest BCUT2D eigenvalue weighted by Gasteiger charge is 2.02. The van der Waals surface area contributed by atoms with Crippen molar-refractivity contribution in [2.24, 2.45) is 5.73 Å². The Kier molecular flexibility index (Phi) is 3.28. The van der Waals surface area contributed by atoms with Gasteiger partial charge in [-0.1, -0.05) is 11.6 Å². The van der Waals surface area contributed by atoms with Gasteiger partial charge in [-0.2, -0.15) is 0 Å². The van der Waals surface area contributed by atoms with Crippen LogP contribution < -0.4 is 5.73 Å². The summed E-state index contributed by atoms with van der Waals surface area (Å²) < 4.78 is 0. The molecule has 0 spiro atoms. The number of rotatable bonds is 2. The van der Waals surface area contributed by atoms with Gasteiger partial charge in [0.15, 0.2) is 0 Å². The maximum atomic E-state index is 5.78. The third kappa shape index (κ3) is 2.68. The molecule has 0 amide bonds. The highest BCUT2D eigenvalue weighted by Crippen LogP contribution is 2.23. The normalized spacial score (nSPS) is 14.7. The van der Waals surface area contributed by atoms with E-state index in [-0.39, 0.29) is 6.04 Å². The fourth-order valence-corrected chi connectivity index (χ4v) is 2.08. The summed E-state index contributed by atoms with van der Waals surface area (Å²) in [6.45, 7) is 8.38. The summed E-state index contributed by atoms with van der Waals surface area (Å²) in [6, 6.07) is 2.37. The first-order valence-electron chi connectivity index (χ1n) is 4.51. The molecule has 0 radical (unpaired) electrons. The van der Waals surface area contributed by atoms with Crippen LogP contribution in [0.4, 0.5) is 0 Å². The number of aryl methyl sites for hydroxylation is 2. The van der Waals surface area contributed by atoms with Crippen LogP contribution in [0.3, 0.4) is 0 Å². The van der Waals surface area contributed by atoms with Crippen LogP contribution >= 0.6 is 11.3 Å². The summed E-state index contributed by atoms with van der Waals surface area (Å²) >= 11 is 1.84. The average molecular weight is 195 g/mol. The van der Waals surface area contributed by atoms with Crippen LogP contribution in [0.5, 0.6) is 0 Å². The Morgan fingerprint density at radius 1 is 1.54 bits per heavy atom. The first-order valence-corrected chi connectivity index (χ1v) is 5.33. The average Bonchev–Trinajstić information content (AvgIpc) is 2.30.